The van der Waals surface area contributed by atoms with Crippen molar-refractivity contribution in [3.63, 3.8) is 0 Å². The molecule has 1 aromatic carbocycles. The maximum Gasteiger partial charge on any atom is 0.338 e. The third-order valence-corrected chi connectivity index (χ3v) is 2.59. The first-order valence-electron chi connectivity index (χ1n) is 5.88. The van der Waals surface area contributed by atoms with E-state index in [4.69, 9.17) is 5.11 Å². The number of halogens is 2. The van der Waals surface area contributed by atoms with Crippen molar-refractivity contribution in [2.45, 2.75) is 26.7 Å². The summed E-state index contributed by atoms with van der Waals surface area (Å²) >= 11 is 0. The number of hydrogen-bond donors (Lipinski definition) is 2. The molecular formula is C13H17F2NO2. The van der Waals surface area contributed by atoms with E-state index in [1.54, 1.807) is 0 Å². The first kappa shape index (κ1) is 14.4. The van der Waals surface area contributed by atoms with Gasteiger partial charge in [-0.1, -0.05) is 13.8 Å². The number of carboxylic acids is 1. The lowest BCUT2D eigenvalue weighted by molar-refractivity contribution is 0.0690. The summed E-state index contributed by atoms with van der Waals surface area (Å²) in [6.07, 6.45) is 1.84. The smallest absolute Gasteiger partial charge is 0.338 e. The Hall–Kier alpha value is -1.65. The van der Waals surface area contributed by atoms with E-state index in [2.05, 4.69) is 19.2 Å². The second-order valence-electron chi connectivity index (χ2n) is 4.56. The summed E-state index contributed by atoms with van der Waals surface area (Å²) in [6.45, 7) is 4.70. The summed E-state index contributed by atoms with van der Waals surface area (Å²) in [5, 5.41) is 11.4. The highest BCUT2D eigenvalue weighted by atomic mass is 19.2. The highest BCUT2D eigenvalue weighted by Crippen LogP contribution is 2.20. The number of benzene rings is 1. The zero-order valence-electron chi connectivity index (χ0n) is 10.5. The van der Waals surface area contributed by atoms with Crippen molar-refractivity contribution >= 4 is 11.7 Å². The average molecular weight is 257 g/mol. The number of anilines is 1. The first-order chi connectivity index (χ1) is 8.43. The molecule has 1 rings (SSSR count). The van der Waals surface area contributed by atoms with E-state index in [0.29, 0.717) is 12.5 Å². The Labute approximate surface area is 105 Å². The lowest BCUT2D eigenvalue weighted by Crippen LogP contribution is -2.09. The molecule has 2 N–H and O–H groups in total. The lowest BCUT2D eigenvalue weighted by Gasteiger charge is -2.10. The van der Waals surface area contributed by atoms with Gasteiger partial charge < -0.3 is 10.4 Å². The van der Waals surface area contributed by atoms with Crippen LogP contribution < -0.4 is 5.32 Å². The van der Waals surface area contributed by atoms with Gasteiger partial charge in [0, 0.05) is 6.54 Å². The molecule has 0 fully saturated rings. The summed E-state index contributed by atoms with van der Waals surface area (Å²) in [5.74, 6) is -3.38. The molecule has 5 heteroatoms. The van der Waals surface area contributed by atoms with Gasteiger partial charge in [0.05, 0.1) is 11.3 Å². The lowest BCUT2D eigenvalue weighted by atomic mass is 10.1. The number of rotatable bonds is 6. The number of carboxylic acid groups (broad SMARTS) is 1. The van der Waals surface area contributed by atoms with Crippen LogP contribution in [0.3, 0.4) is 0 Å². The molecule has 0 saturated heterocycles. The fourth-order valence-corrected chi connectivity index (χ4v) is 1.58. The molecule has 100 valence electrons. The van der Waals surface area contributed by atoms with Gasteiger partial charge in [-0.15, -0.1) is 0 Å². The van der Waals surface area contributed by atoms with Crippen molar-refractivity contribution in [2.75, 3.05) is 11.9 Å². The van der Waals surface area contributed by atoms with Crippen LogP contribution in [-0.2, 0) is 0 Å². The molecule has 3 nitrogen and oxygen atoms in total. The SMILES string of the molecule is CC(C)CCCNc1ccc(C(=O)O)c(F)c1F. The van der Waals surface area contributed by atoms with E-state index in [0.717, 1.165) is 18.9 Å². The Bertz CT molecular complexity index is 433. The average Bonchev–Trinajstić information content (AvgIpc) is 2.29. The minimum absolute atomic E-state index is 0.00116. The number of carbonyl (C=O) groups is 1. The second-order valence-corrected chi connectivity index (χ2v) is 4.56. The van der Waals surface area contributed by atoms with Gasteiger partial charge in [0.25, 0.3) is 0 Å². The molecule has 18 heavy (non-hydrogen) atoms. The van der Waals surface area contributed by atoms with E-state index in [1.807, 2.05) is 0 Å². The third kappa shape index (κ3) is 3.68. The molecule has 0 heterocycles. The summed E-state index contributed by atoms with van der Waals surface area (Å²) in [6, 6.07) is 2.31. The Morgan fingerprint density at radius 1 is 1.33 bits per heavy atom. The summed E-state index contributed by atoms with van der Waals surface area (Å²) in [4.78, 5) is 10.6. The summed E-state index contributed by atoms with van der Waals surface area (Å²) in [7, 11) is 0. The summed E-state index contributed by atoms with van der Waals surface area (Å²) < 4.78 is 26.9. The van der Waals surface area contributed by atoms with Gasteiger partial charge in [0.2, 0.25) is 0 Å². The second kappa shape index (κ2) is 6.33. The molecule has 0 aliphatic rings. The van der Waals surface area contributed by atoms with Crippen molar-refractivity contribution < 1.29 is 18.7 Å². The minimum atomic E-state index is -1.47. The van der Waals surface area contributed by atoms with Crippen LogP contribution in [0.15, 0.2) is 12.1 Å². The van der Waals surface area contributed by atoms with Crippen molar-refractivity contribution in [3.8, 4) is 0 Å². The minimum Gasteiger partial charge on any atom is -0.478 e. The van der Waals surface area contributed by atoms with E-state index < -0.39 is 23.2 Å². The fraction of sp³-hybridized carbons (Fsp3) is 0.462. The quantitative estimate of drug-likeness (QED) is 0.767. The van der Waals surface area contributed by atoms with Gasteiger partial charge >= 0.3 is 5.97 Å². The third-order valence-electron chi connectivity index (χ3n) is 2.59. The van der Waals surface area contributed by atoms with Crippen LogP contribution in [0.4, 0.5) is 14.5 Å². The van der Waals surface area contributed by atoms with Crippen LogP contribution in [-0.4, -0.2) is 17.6 Å². The number of nitrogens with one attached hydrogen (secondary N) is 1. The van der Waals surface area contributed by atoms with Crippen LogP contribution in [0.2, 0.25) is 0 Å². The van der Waals surface area contributed by atoms with Gasteiger partial charge in [0.15, 0.2) is 11.6 Å². The zero-order valence-corrected chi connectivity index (χ0v) is 10.5. The monoisotopic (exact) mass is 257 g/mol. The molecule has 0 aromatic heterocycles. The Morgan fingerprint density at radius 3 is 2.56 bits per heavy atom. The highest BCUT2D eigenvalue weighted by molar-refractivity contribution is 5.88. The van der Waals surface area contributed by atoms with E-state index in [1.165, 1.54) is 6.07 Å². The number of hydrogen-bond acceptors (Lipinski definition) is 2. The highest BCUT2D eigenvalue weighted by Gasteiger charge is 2.17. The van der Waals surface area contributed by atoms with Gasteiger partial charge in [-0.25, -0.2) is 13.6 Å². The topological polar surface area (TPSA) is 49.3 Å². The van der Waals surface area contributed by atoms with Crippen LogP contribution in [0.1, 0.15) is 37.0 Å². The van der Waals surface area contributed by atoms with Gasteiger partial charge in [-0.3, -0.25) is 0 Å². The molecule has 0 spiro atoms. The molecule has 0 radical (unpaired) electrons. The molecule has 0 amide bonds. The van der Waals surface area contributed by atoms with E-state index in [9.17, 15) is 13.6 Å². The molecular weight excluding hydrogens is 240 g/mol. The van der Waals surface area contributed by atoms with Gasteiger partial charge in [-0.2, -0.15) is 0 Å². The Morgan fingerprint density at radius 2 is 2.00 bits per heavy atom. The van der Waals surface area contributed by atoms with Crippen molar-refractivity contribution in [1.29, 1.82) is 0 Å². The molecule has 1 aromatic rings. The van der Waals surface area contributed by atoms with Crippen LogP contribution in [0, 0.1) is 17.6 Å². The molecule has 0 bridgehead atoms. The number of aromatic carboxylic acids is 1. The predicted octanol–water partition coefficient (Wildman–Crippen LogP) is 3.51. The molecule has 0 saturated carbocycles. The maximum atomic E-state index is 13.5. The molecule has 0 aliphatic heterocycles. The first-order valence-corrected chi connectivity index (χ1v) is 5.88. The van der Waals surface area contributed by atoms with Crippen molar-refractivity contribution in [3.05, 3.63) is 29.3 Å². The van der Waals surface area contributed by atoms with Crippen LogP contribution >= 0.6 is 0 Å². The van der Waals surface area contributed by atoms with Gasteiger partial charge in [0.1, 0.15) is 0 Å². The largest absolute Gasteiger partial charge is 0.478 e. The van der Waals surface area contributed by atoms with Crippen molar-refractivity contribution in [2.24, 2.45) is 5.92 Å². The molecule has 0 atom stereocenters. The molecule has 0 unspecified atom stereocenters. The Kier molecular flexibility index (Phi) is 5.07. The predicted molar refractivity (Wildman–Crippen MR) is 65.9 cm³/mol. The summed E-state index contributed by atoms with van der Waals surface area (Å²) in [5.41, 5.74) is -0.651. The van der Waals surface area contributed by atoms with Crippen LogP contribution in [0.25, 0.3) is 0 Å². The van der Waals surface area contributed by atoms with Gasteiger partial charge in [-0.05, 0) is 30.9 Å². The normalized spacial score (nSPS) is 10.7. The van der Waals surface area contributed by atoms with Crippen LogP contribution in [0.5, 0.6) is 0 Å². The molecule has 0 aliphatic carbocycles. The standard InChI is InChI=1S/C13H17F2NO2/c1-8(2)4-3-7-16-10-6-5-9(13(17)18)11(14)12(10)15/h5-6,8,16H,3-4,7H2,1-2H3,(H,17,18). The van der Waals surface area contributed by atoms with E-state index in [-0.39, 0.29) is 5.69 Å². The maximum absolute atomic E-state index is 13.5. The Balaban J connectivity index is 2.68. The zero-order chi connectivity index (χ0) is 13.7. The fourth-order valence-electron chi connectivity index (χ4n) is 1.58. The van der Waals surface area contributed by atoms with E-state index >= 15 is 0 Å². The van der Waals surface area contributed by atoms with Crippen molar-refractivity contribution in [1.82, 2.24) is 0 Å².